The highest BCUT2D eigenvalue weighted by atomic mass is 16.1. The number of anilines is 1. The predicted molar refractivity (Wildman–Crippen MR) is 86.9 cm³/mol. The van der Waals surface area contributed by atoms with Crippen LogP contribution in [0.1, 0.15) is 36.1 Å². The van der Waals surface area contributed by atoms with Crippen LogP contribution in [-0.2, 0) is 11.2 Å². The van der Waals surface area contributed by atoms with Crippen molar-refractivity contribution in [2.24, 2.45) is 0 Å². The molecule has 0 aromatic heterocycles. The number of carbonyl (C=O) groups excluding carboxylic acids is 1. The monoisotopic (exact) mass is 282 g/mol. The van der Waals surface area contributed by atoms with Crippen LogP contribution >= 0.6 is 0 Å². The number of aryl methyl sites for hydroxylation is 2. The SMILES string of the molecule is Cc1ccc(C(C)NC(=O)CCc2ccc(N)cc2)cc1. The molecule has 0 bridgehead atoms. The number of carbonyl (C=O) groups is 1. The summed E-state index contributed by atoms with van der Waals surface area (Å²) in [5.74, 6) is 0.0694. The maximum Gasteiger partial charge on any atom is 0.220 e. The highest BCUT2D eigenvalue weighted by Gasteiger charge is 2.09. The van der Waals surface area contributed by atoms with Gasteiger partial charge in [0.1, 0.15) is 0 Å². The topological polar surface area (TPSA) is 55.1 Å². The molecular weight excluding hydrogens is 260 g/mol. The zero-order valence-electron chi connectivity index (χ0n) is 12.6. The Morgan fingerprint density at radius 1 is 1.10 bits per heavy atom. The van der Waals surface area contributed by atoms with E-state index in [1.54, 1.807) is 0 Å². The van der Waals surface area contributed by atoms with Gasteiger partial charge in [0.05, 0.1) is 6.04 Å². The lowest BCUT2D eigenvalue weighted by Gasteiger charge is -2.14. The van der Waals surface area contributed by atoms with Crippen LogP contribution in [0.2, 0.25) is 0 Å². The summed E-state index contributed by atoms with van der Waals surface area (Å²) in [4.78, 5) is 12.0. The smallest absolute Gasteiger partial charge is 0.220 e. The first kappa shape index (κ1) is 15.1. The van der Waals surface area contributed by atoms with Crippen LogP contribution in [0.5, 0.6) is 0 Å². The number of benzene rings is 2. The molecule has 0 saturated heterocycles. The molecule has 3 nitrogen and oxygen atoms in total. The van der Waals surface area contributed by atoms with Crippen molar-refractivity contribution in [2.75, 3.05) is 5.73 Å². The quantitative estimate of drug-likeness (QED) is 0.826. The van der Waals surface area contributed by atoms with E-state index in [0.717, 1.165) is 23.2 Å². The summed E-state index contributed by atoms with van der Waals surface area (Å²) in [5.41, 5.74) is 9.87. The summed E-state index contributed by atoms with van der Waals surface area (Å²) in [6, 6.07) is 15.9. The molecule has 0 aliphatic rings. The normalized spacial score (nSPS) is 11.9. The van der Waals surface area contributed by atoms with Crippen LogP contribution in [-0.4, -0.2) is 5.91 Å². The molecule has 0 heterocycles. The van der Waals surface area contributed by atoms with Gasteiger partial charge < -0.3 is 11.1 Å². The number of nitrogens with two attached hydrogens (primary N) is 1. The molecule has 3 heteroatoms. The van der Waals surface area contributed by atoms with Crippen LogP contribution in [0.15, 0.2) is 48.5 Å². The second kappa shape index (κ2) is 6.93. The Morgan fingerprint density at radius 2 is 1.71 bits per heavy atom. The predicted octanol–water partition coefficient (Wildman–Crippen LogP) is 3.39. The fourth-order valence-corrected chi connectivity index (χ4v) is 2.19. The maximum absolute atomic E-state index is 12.0. The molecule has 1 unspecified atom stereocenters. The van der Waals surface area contributed by atoms with Crippen molar-refractivity contribution in [3.05, 3.63) is 65.2 Å². The van der Waals surface area contributed by atoms with E-state index in [1.807, 2.05) is 31.2 Å². The first-order valence-electron chi connectivity index (χ1n) is 7.25. The minimum atomic E-state index is 0.0320. The van der Waals surface area contributed by atoms with E-state index in [-0.39, 0.29) is 11.9 Å². The Bertz CT molecular complexity index is 588. The first-order valence-corrected chi connectivity index (χ1v) is 7.25. The number of nitrogen functional groups attached to an aromatic ring is 1. The average Bonchev–Trinajstić information content (AvgIpc) is 2.47. The summed E-state index contributed by atoms with van der Waals surface area (Å²) in [6.07, 6.45) is 1.22. The standard InChI is InChI=1S/C18H22N2O/c1-13-3-8-16(9-4-13)14(2)20-18(21)12-7-15-5-10-17(19)11-6-15/h3-6,8-11,14H,7,12,19H2,1-2H3,(H,20,21). The molecule has 2 aromatic carbocycles. The van der Waals surface area contributed by atoms with Gasteiger partial charge >= 0.3 is 0 Å². The molecular formula is C18H22N2O. The molecule has 110 valence electrons. The van der Waals surface area contributed by atoms with E-state index in [2.05, 4.69) is 36.5 Å². The number of amides is 1. The van der Waals surface area contributed by atoms with Gasteiger partial charge in [-0.25, -0.2) is 0 Å². The van der Waals surface area contributed by atoms with Crippen LogP contribution in [0, 0.1) is 6.92 Å². The third-order valence-electron chi connectivity index (χ3n) is 3.58. The van der Waals surface area contributed by atoms with Gasteiger partial charge in [0.2, 0.25) is 5.91 Å². The Labute approximate surface area is 126 Å². The lowest BCUT2D eigenvalue weighted by molar-refractivity contribution is -0.121. The van der Waals surface area contributed by atoms with Crippen molar-refractivity contribution in [1.82, 2.24) is 5.32 Å². The second-order valence-electron chi connectivity index (χ2n) is 5.44. The molecule has 2 rings (SSSR count). The van der Waals surface area contributed by atoms with E-state index in [9.17, 15) is 4.79 Å². The summed E-state index contributed by atoms with van der Waals surface area (Å²) in [7, 11) is 0. The van der Waals surface area contributed by atoms with Crippen molar-refractivity contribution >= 4 is 11.6 Å². The van der Waals surface area contributed by atoms with Crippen molar-refractivity contribution < 1.29 is 4.79 Å². The molecule has 3 N–H and O–H groups in total. The van der Waals surface area contributed by atoms with E-state index in [1.165, 1.54) is 5.56 Å². The zero-order chi connectivity index (χ0) is 15.2. The van der Waals surface area contributed by atoms with Gasteiger partial charge in [-0.05, 0) is 43.5 Å². The lowest BCUT2D eigenvalue weighted by atomic mass is 10.1. The second-order valence-corrected chi connectivity index (χ2v) is 5.44. The van der Waals surface area contributed by atoms with Gasteiger partial charge in [-0.1, -0.05) is 42.0 Å². The third kappa shape index (κ3) is 4.63. The van der Waals surface area contributed by atoms with E-state index < -0.39 is 0 Å². The van der Waals surface area contributed by atoms with Crippen LogP contribution in [0.3, 0.4) is 0 Å². The van der Waals surface area contributed by atoms with Crippen molar-refractivity contribution in [2.45, 2.75) is 32.7 Å². The number of nitrogens with one attached hydrogen (secondary N) is 1. The first-order chi connectivity index (χ1) is 10.0. The molecule has 0 radical (unpaired) electrons. The fraction of sp³-hybridized carbons (Fsp3) is 0.278. The van der Waals surface area contributed by atoms with E-state index >= 15 is 0 Å². The minimum absolute atomic E-state index is 0.0320. The van der Waals surface area contributed by atoms with Crippen molar-refractivity contribution in [3.8, 4) is 0 Å². The Morgan fingerprint density at radius 3 is 2.33 bits per heavy atom. The van der Waals surface area contributed by atoms with Crippen LogP contribution < -0.4 is 11.1 Å². The highest BCUT2D eigenvalue weighted by molar-refractivity contribution is 5.76. The molecule has 21 heavy (non-hydrogen) atoms. The van der Waals surface area contributed by atoms with Gasteiger partial charge in [-0.3, -0.25) is 4.79 Å². The Kier molecular flexibility index (Phi) is 4.99. The zero-order valence-corrected chi connectivity index (χ0v) is 12.6. The number of hydrogen-bond donors (Lipinski definition) is 2. The average molecular weight is 282 g/mol. The fourth-order valence-electron chi connectivity index (χ4n) is 2.19. The largest absolute Gasteiger partial charge is 0.399 e. The van der Waals surface area contributed by atoms with Crippen molar-refractivity contribution in [1.29, 1.82) is 0 Å². The van der Waals surface area contributed by atoms with Gasteiger partial charge in [-0.2, -0.15) is 0 Å². The van der Waals surface area contributed by atoms with Gasteiger partial charge in [0.25, 0.3) is 0 Å². The maximum atomic E-state index is 12.0. The van der Waals surface area contributed by atoms with Gasteiger partial charge in [0.15, 0.2) is 0 Å². The minimum Gasteiger partial charge on any atom is -0.399 e. The third-order valence-corrected chi connectivity index (χ3v) is 3.58. The highest BCUT2D eigenvalue weighted by Crippen LogP contribution is 2.14. The molecule has 0 fully saturated rings. The summed E-state index contributed by atoms with van der Waals surface area (Å²) in [5, 5.41) is 3.03. The number of hydrogen-bond acceptors (Lipinski definition) is 2. The van der Waals surface area contributed by atoms with Gasteiger partial charge in [-0.15, -0.1) is 0 Å². The van der Waals surface area contributed by atoms with E-state index in [4.69, 9.17) is 5.73 Å². The van der Waals surface area contributed by atoms with Crippen LogP contribution in [0.25, 0.3) is 0 Å². The summed E-state index contributed by atoms with van der Waals surface area (Å²) >= 11 is 0. The molecule has 0 aliphatic heterocycles. The van der Waals surface area contributed by atoms with E-state index in [0.29, 0.717) is 6.42 Å². The lowest BCUT2D eigenvalue weighted by Crippen LogP contribution is -2.26. The molecule has 1 atom stereocenters. The Balaban J connectivity index is 1.83. The molecule has 2 aromatic rings. The van der Waals surface area contributed by atoms with Crippen molar-refractivity contribution in [3.63, 3.8) is 0 Å². The summed E-state index contributed by atoms with van der Waals surface area (Å²) < 4.78 is 0. The van der Waals surface area contributed by atoms with Crippen LogP contribution in [0.4, 0.5) is 5.69 Å². The molecule has 0 spiro atoms. The molecule has 0 saturated carbocycles. The molecule has 1 amide bonds. The molecule has 0 aliphatic carbocycles. The van der Waals surface area contributed by atoms with Gasteiger partial charge in [0, 0.05) is 12.1 Å². The summed E-state index contributed by atoms with van der Waals surface area (Å²) in [6.45, 7) is 4.06. The Hall–Kier alpha value is -2.29. The number of rotatable bonds is 5.